The molecule has 116 valence electrons. The second kappa shape index (κ2) is 8.20. The summed E-state index contributed by atoms with van der Waals surface area (Å²) in [7, 11) is 0. The number of carbonyl (C=O) groups excluding carboxylic acids is 1. The van der Waals surface area contributed by atoms with Crippen molar-refractivity contribution in [3.05, 3.63) is 64.4 Å². The minimum atomic E-state index is -0.337. The van der Waals surface area contributed by atoms with Gasteiger partial charge in [-0.3, -0.25) is 4.79 Å². The van der Waals surface area contributed by atoms with Crippen molar-refractivity contribution in [2.45, 2.75) is 19.1 Å². The smallest absolute Gasteiger partial charge is 0.234 e. The molecule has 0 saturated carbocycles. The second-order valence-electron chi connectivity index (χ2n) is 4.83. The van der Waals surface area contributed by atoms with Crippen molar-refractivity contribution >= 4 is 35.0 Å². The van der Waals surface area contributed by atoms with E-state index >= 15 is 0 Å². The van der Waals surface area contributed by atoms with E-state index in [0.717, 1.165) is 12.1 Å². The summed E-state index contributed by atoms with van der Waals surface area (Å²) in [6.07, 6.45) is 0.969. The first-order valence-electron chi connectivity index (χ1n) is 6.99. The van der Waals surface area contributed by atoms with Crippen molar-refractivity contribution < 1.29 is 9.18 Å². The summed E-state index contributed by atoms with van der Waals surface area (Å²) in [5, 5.41) is 3.20. The fraction of sp³-hybridized carbons (Fsp3) is 0.235. The van der Waals surface area contributed by atoms with Gasteiger partial charge in [-0.25, -0.2) is 4.39 Å². The molecule has 0 fully saturated rings. The maximum atomic E-state index is 13.6. The highest BCUT2D eigenvalue weighted by Gasteiger charge is 2.06. The largest absolute Gasteiger partial charge is 0.325 e. The molecule has 0 bridgehead atoms. The van der Waals surface area contributed by atoms with Gasteiger partial charge in [0.15, 0.2) is 0 Å². The van der Waals surface area contributed by atoms with Crippen molar-refractivity contribution in [3.8, 4) is 0 Å². The van der Waals surface area contributed by atoms with E-state index in [1.807, 2.05) is 24.3 Å². The summed E-state index contributed by atoms with van der Waals surface area (Å²) in [5.74, 6) is 0.280. The summed E-state index contributed by atoms with van der Waals surface area (Å²) < 4.78 is 13.6. The minimum absolute atomic E-state index is 0.0939. The molecule has 0 aromatic heterocycles. The highest BCUT2D eigenvalue weighted by Crippen LogP contribution is 2.19. The van der Waals surface area contributed by atoms with Crippen LogP contribution >= 0.6 is 23.4 Å². The van der Waals surface area contributed by atoms with E-state index in [4.69, 9.17) is 11.6 Å². The number of rotatable bonds is 6. The monoisotopic (exact) mass is 337 g/mol. The number of amides is 1. The Morgan fingerprint density at radius 1 is 1.23 bits per heavy atom. The van der Waals surface area contributed by atoms with Crippen molar-refractivity contribution in [1.29, 1.82) is 0 Å². The summed E-state index contributed by atoms with van der Waals surface area (Å²) in [5.41, 5.74) is 2.56. The Bertz CT molecular complexity index is 646. The summed E-state index contributed by atoms with van der Waals surface area (Å²) in [4.78, 5) is 11.8. The molecule has 0 radical (unpaired) electrons. The van der Waals surface area contributed by atoms with Crippen LogP contribution in [-0.4, -0.2) is 11.7 Å². The number of halogens is 2. The number of anilines is 1. The third-order valence-corrected chi connectivity index (χ3v) is 4.37. The Hall–Kier alpha value is -1.52. The zero-order valence-corrected chi connectivity index (χ0v) is 13.8. The third kappa shape index (κ3) is 5.04. The maximum absolute atomic E-state index is 13.6. The van der Waals surface area contributed by atoms with Gasteiger partial charge >= 0.3 is 0 Å². The zero-order valence-electron chi connectivity index (χ0n) is 12.2. The van der Waals surface area contributed by atoms with Crippen LogP contribution in [0.5, 0.6) is 0 Å². The van der Waals surface area contributed by atoms with Gasteiger partial charge in [-0.2, -0.15) is 0 Å². The average Bonchev–Trinajstić information content (AvgIpc) is 2.50. The van der Waals surface area contributed by atoms with E-state index < -0.39 is 0 Å². The van der Waals surface area contributed by atoms with Gasteiger partial charge < -0.3 is 5.32 Å². The van der Waals surface area contributed by atoms with Crippen LogP contribution in [0.1, 0.15) is 18.1 Å². The summed E-state index contributed by atoms with van der Waals surface area (Å²) >= 11 is 7.07. The molecule has 1 N–H and O–H groups in total. The Kier molecular flexibility index (Phi) is 6.28. The molecule has 2 aromatic rings. The van der Waals surface area contributed by atoms with Crippen LogP contribution in [-0.2, 0) is 17.0 Å². The van der Waals surface area contributed by atoms with Gasteiger partial charge in [-0.1, -0.05) is 36.7 Å². The Balaban J connectivity index is 1.79. The molecule has 0 aliphatic rings. The lowest BCUT2D eigenvalue weighted by atomic mass is 10.1. The number of hydrogen-bond acceptors (Lipinski definition) is 2. The second-order valence-corrected chi connectivity index (χ2v) is 6.25. The van der Waals surface area contributed by atoms with Crippen LogP contribution in [0.3, 0.4) is 0 Å². The van der Waals surface area contributed by atoms with Crippen molar-refractivity contribution in [1.82, 2.24) is 0 Å². The van der Waals surface area contributed by atoms with Crippen molar-refractivity contribution in [2.24, 2.45) is 0 Å². The van der Waals surface area contributed by atoms with Crippen LogP contribution in [0, 0.1) is 5.82 Å². The molecular formula is C17H17ClFNOS. The molecule has 5 heteroatoms. The molecule has 0 atom stereocenters. The third-order valence-electron chi connectivity index (χ3n) is 3.15. The first-order chi connectivity index (χ1) is 10.6. The molecule has 2 nitrogen and oxygen atoms in total. The number of hydrogen-bond donors (Lipinski definition) is 1. The van der Waals surface area contributed by atoms with Crippen LogP contribution in [0.15, 0.2) is 42.5 Å². The molecule has 2 aromatic carbocycles. The van der Waals surface area contributed by atoms with E-state index in [1.54, 1.807) is 12.1 Å². The zero-order chi connectivity index (χ0) is 15.9. The molecule has 22 heavy (non-hydrogen) atoms. The van der Waals surface area contributed by atoms with Gasteiger partial charge in [0.25, 0.3) is 0 Å². The molecule has 0 aliphatic carbocycles. The quantitative estimate of drug-likeness (QED) is 0.811. The fourth-order valence-electron chi connectivity index (χ4n) is 1.91. The number of aryl methyl sites for hydroxylation is 1. The van der Waals surface area contributed by atoms with Gasteiger partial charge in [0.2, 0.25) is 5.91 Å². The van der Waals surface area contributed by atoms with E-state index in [9.17, 15) is 9.18 Å². The van der Waals surface area contributed by atoms with E-state index in [2.05, 4.69) is 12.2 Å². The lowest BCUT2D eigenvalue weighted by Gasteiger charge is -2.07. The van der Waals surface area contributed by atoms with Crippen LogP contribution in [0.2, 0.25) is 5.02 Å². The highest BCUT2D eigenvalue weighted by atomic mass is 35.5. The number of benzene rings is 2. The average molecular weight is 338 g/mol. The Labute approximate surface area is 139 Å². The first-order valence-corrected chi connectivity index (χ1v) is 8.52. The lowest BCUT2D eigenvalue weighted by Crippen LogP contribution is -2.14. The summed E-state index contributed by atoms with van der Waals surface area (Å²) in [6.45, 7) is 2.08. The van der Waals surface area contributed by atoms with E-state index in [1.165, 1.54) is 23.4 Å². The van der Waals surface area contributed by atoms with E-state index in [-0.39, 0.29) is 17.5 Å². The minimum Gasteiger partial charge on any atom is -0.325 e. The van der Waals surface area contributed by atoms with Crippen LogP contribution < -0.4 is 5.32 Å². The SMILES string of the molecule is CCc1ccc(NC(=O)CSCc2ccc(Cl)cc2F)cc1. The summed E-state index contributed by atoms with van der Waals surface area (Å²) in [6, 6.07) is 12.3. The molecule has 0 aliphatic heterocycles. The molecule has 0 spiro atoms. The molecule has 0 heterocycles. The van der Waals surface area contributed by atoms with Crippen LogP contribution in [0.4, 0.5) is 10.1 Å². The van der Waals surface area contributed by atoms with E-state index in [0.29, 0.717) is 16.3 Å². The van der Waals surface area contributed by atoms with Gasteiger partial charge in [-0.05, 0) is 41.8 Å². The number of thioether (sulfide) groups is 1. The lowest BCUT2D eigenvalue weighted by molar-refractivity contribution is -0.113. The number of carbonyl (C=O) groups is 1. The van der Waals surface area contributed by atoms with Crippen LogP contribution in [0.25, 0.3) is 0 Å². The Morgan fingerprint density at radius 3 is 2.59 bits per heavy atom. The Morgan fingerprint density at radius 2 is 1.95 bits per heavy atom. The fourth-order valence-corrected chi connectivity index (χ4v) is 2.89. The highest BCUT2D eigenvalue weighted by molar-refractivity contribution is 7.99. The van der Waals surface area contributed by atoms with Crippen molar-refractivity contribution in [3.63, 3.8) is 0 Å². The normalized spacial score (nSPS) is 10.5. The van der Waals surface area contributed by atoms with Gasteiger partial charge in [0, 0.05) is 16.5 Å². The van der Waals surface area contributed by atoms with Crippen molar-refractivity contribution in [2.75, 3.05) is 11.1 Å². The number of nitrogens with one attached hydrogen (secondary N) is 1. The predicted molar refractivity (Wildman–Crippen MR) is 92.0 cm³/mol. The van der Waals surface area contributed by atoms with Gasteiger partial charge in [0.1, 0.15) is 5.82 Å². The maximum Gasteiger partial charge on any atom is 0.234 e. The first kappa shape index (κ1) is 16.8. The molecule has 2 rings (SSSR count). The topological polar surface area (TPSA) is 29.1 Å². The predicted octanol–water partition coefficient (Wildman–Crippen LogP) is 4.91. The molecular weight excluding hydrogens is 321 g/mol. The molecule has 0 unspecified atom stereocenters. The molecule has 1 amide bonds. The standard InChI is InChI=1S/C17H17ClFNOS/c1-2-12-3-7-15(8-4-12)20-17(21)11-22-10-13-5-6-14(18)9-16(13)19/h3-9H,2,10-11H2,1H3,(H,20,21). The van der Waals surface area contributed by atoms with Gasteiger partial charge in [0.05, 0.1) is 5.75 Å². The molecule has 0 saturated heterocycles. The van der Waals surface area contributed by atoms with Gasteiger partial charge in [-0.15, -0.1) is 11.8 Å².